The van der Waals surface area contributed by atoms with E-state index < -0.39 is 0 Å². The number of hydrogen-bond donors (Lipinski definition) is 1. The maximum Gasteiger partial charge on any atom is 0.330 e. The number of nitrogens with zero attached hydrogens (tertiary/aromatic N) is 4. The summed E-state index contributed by atoms with van der Waals surface area (Å²) < 4.78 is 3.48. The highest BCUT2D eigenvalue weighted by Crippen LogP contribution is 2.42. The molecule has 178 valence electrons. The van der Waals surface area contributed by atoms with Gasteiger partial charge in [-0.05, 0) is 49.1 Å². The zero-order chi connectivity index (χ0) is 24.1. The summed E-state index contributed by atoms with van der Waals surface area (Å²) in [7, 11) is 1.80. The number of fused-ring (bicyclic) bond motifs is 1. The summed E-state index contributed by atoms with van der Waals surface area (Å²) in [5, 5.41) is 3.26. The predicted molar refractivity (Wildman–Crippen MR) is 133 cm³/mol. The van der Waals surface area contributed by atoms with Crippen LogP contribution >= 0.6 is 11.3 Å². The number of hydrogen-bond acceptors (Lipinski definition) is 5. The minimum Gasteiger partial charge on any atom is -0.347 e. The fourth-order valence-corrected chi connectivity index (χ4v) is 5.43. The number of carbonyl (C=O) groups is 1. The van der Waals surface area contributed by atoms with Crippen LogP contribution in [-0.4, -0.2) is 31.1 Å². The lowest BCUT2D eigenvalue weighted by Crippen LogP contribution is -2.48. The molecule has 3 heterocycles. The monoisotopic (exact) mass is 469 g/mol. The van der Waals surface area contributed by atoms with E-state index >= 15 is 0 Å². The first-order valence-electron chi connectivity index (χ1n) is 11.6. The molecule has 2 atom stereocenters. The first-order valence-corrected chi connectivity index (χ1v) is 12.5. The zero-order valence-electron chi connectivity index (χ0n) is 20.7. The minimum atomic E-state index is -0.0995. The third-order valence-corrected chi connectivity index (χ3v) is 7.68. The Morgan fingerprint density at radius 3 is 2.67 bits per heavy atom. The van der Waals surface area contributed by atoms with Gasteiger partial charge in [0.05, 0.1) is 11.0 Å². The lowest BCUT2D eigenvalue weighted by molar-refractivity contribution is 0.0832. The van der Waals surface area contributed by atoms with E-state index in [-0.39, 0.29) is 34.4 Å². The van der Waals surface area contributed by atoms with Crippen LogP contribution in [0, 0.1) is 17.8 Å². The second-order valence-corrected chi connectivity index (χ2v) is 12.4. The number of imidazole rings is 1. The quantitative estimate of drug-likeness (QED) is 0.604. The van der Waals surface area contributed by atoms with Gasteiger partial charge in [0.15, 0.2) is 5.65 Å². The van der Waals surface area contributed by atoms with E-state index in [0.29, 0.717) is 12.2 Å². The molecule has 2 unspecified atom stereocenters. The maximum absolute atomic E-state index is 12.9. The molecule has 1 aliphatic rings. The van der Waals surface area contributed by atoms with Crippen LogP contribution in [0.15, 0.2) is 22.4 Å². The first kappa shape index (κ1) is 23.7. The number of amides is 1. The van der Waals surface area contributed by atoms with Gasteiger partial charge in [-0.1, -0.05) is 34.6 Å². The second-order valence-electron chi connectivity index (χ2n) is 11.3. The Morgan fingerprint density at radius 2 is 2.03 bits per heavy atom. The number of rotatable bonds is 4. The van der Waals surface area contributed by atoms with Crippen molar-refractivity contribution in [1.29, 1.82) is 0 Å². The van der Waals surface area contributed by atoms with E-state index in [0.717, 1.165) is 41.0 Å². The Labute approximate surface area is 199 Å². The molecule has 0 saturated heterocycles. The van der Waals surface area contributed by atoms with Crippen LogP contribution in [0.4, 0.5) is 0 Å². The standard InChI is InChI=1S/C25H35N5O2S/c1-15-20(26-14-33-15)22(31)28-19-12-16(10-11-25(19,5)6)17-8-9-18-21(27-17)29(7)23(32)30(18)13-24(2,3)4/h8-9,14,16,19H,10-13H2,1-7H3,(H,28,31). The highest BCUT2D eigenvalue weighted by molar-refractivity contribution is 7.09. The largest absolute Gasteiger partial charge is 0.347 e. The molecular weight excluding hydrogens is 434 g/mol. The molecule has 0 spiro atoms. The fraction of sp³-hybridized carbons (Fsp3) is 0.600. The van der Waals surface area contributed by atoms with Crippen molar-refractivity contribution in [3.63, 3.8) is 0 Å². The van der Waals surface area contributed by atoms with E-state index in [4.69, 9.17) is 4.98 Å². The topological polar surface area (TPSA) is 81.8 Å². The number of aryl methyl sites for hydroxylation is 2. The number of pyridine rings is 1. The number of carbonyl (C=O) groups excluding carboxylic acids is 1. The van der Waals surface area contributed by atoms with Crippen LogP contribution in [0.25, 0.3) is 11.2 Å². The van der Waals surface area contributed by atoms with Gasteiger partial charge in [0.2, 0.25) is 0 Å². The number of aromatic nitrogens is 4. The molecule has 33 heavy (non-hydrogen) atoms. The van der Waals surface area contributed by atoms with E-state index in [1.54, 1.807) is 17.1 Å². The molecule has 1 fully saturated rings. The average molecular weight is 470 g/mol. The molecule has 3 aromatic heterocycles. The highest BCUT2D eigenvalue weighted by atomic mass is 32.1. The van der Waals surface area contributed by atoms with Gasteiger partial charge in [0.25, 0.3) is 5.91 Å². The van der Waals surface area contributed by atoms with Gasteiger partial charge in [-0.15, -0.1) is 11.3 Å². The highest BCUT2D eigenvalue weighted by Gasteiger charge is 2.39. The van der Waals surface area contributed by atoms with Gasteiger partial charge in [0, 0.05) is 36.1 Å². The average Bonchev–Trinajstić information content (AvgIpc) is 3.25. The summed E-state index contributed by atoms with van der Waals surface area (Å²) in [5.41, 5.74) is 4.78. The number of thiazole rings is 1. The van der Waals surface area contributed by atoms with Crippen LogP contribution in [0.3, 0.4) is 0 Å². The van der Waals surface area contributed by atoms with Gasteiger partial charge in [-0.2, -0.15) is 0 Å². The molecule has 0 aromatic carbocycles. The molecule has 7 nitrogen and oxygen atoms in total. The predicted octanol–water partition coefficient (Wildman–Crippen LogP) is 4.64. The van der Waals surface area contributed by atoms with Crippen molar-refractivity contribution in [1.82, 2.24) is 24.4 Å². The van der Waals surface area contributed by atoms with Crippen LogP contribution in [0.1, 0.15) is 80.9 Å². The van der Waals surface area contributed by atoms with Crippen LogP contribution in [0.5, 0.6) is 0 Å². The summed E-state index contributed by atoms with van der Waals surface area (Å²) in [6.07, 6.45) is 2.81. The van der Waals surface area contributed by atoms with Crippen LogP contribution < -0.4 is 11.0 Å². The van der Waals surface area contributed by atoms with E-state index in [1.807, 2.05) is 17.6 Å². The smallest absolute Gasteiger partial charge is 0.330 e. The van der Waals surface area contributed by atoms with E-state index in [1.165, 1.54) is 11.3 Å². The Kier molecular flexibility index (Phi) is 6.01. The SMILES string of the molecule is Cc1scnc1C(=O)NC1CC(c2ccc3c(n2)n(C)c(=O)n3CC(C)(C)C)CCC1(C)C. The maximum atomic E-state index is 12.9. The molecule has 3 aromatic rings. The van der Waals surface area contributed by atoms with Crippen molar-refractivity contribution in [2.24, 2.45) is 17.9 Å². The van der Waals surface area contributed by atoms with Crippen LogP contribution in [-0.2, 0) is 13.6 Å². The zero-order valence-corrected chi connectivity index (χ0v) is 21.5. The van der Waals surface area contributed by atoms with Crippen molar-refractivity contribution in [2.45, 2.75) is 79.3 Å². The third kappa shape index (κ3) is 4.63. The summed E-state index contributed by atoms with van der Waals surface area (Å²) in [5.74, 6) is 0.128. The molecule has 1 saturated carbocycles. The fourth-order valence-electron chi connectivity index (χ4n) is 4.86. The molecule has 1 N–H and O–H groups in total. The summed E-state index contributed by atoms with van der Waals surface area (Å²) >= 11 is 1.49. The second kappa shape index (κ2) is 8.38. The molecule has 0 bridgehead atoms. The van der Waals surface area contributed by atoms with E-state index in [9.17, 15) is 9.59 Å². The van der Waals surface area contributed by atoms with Gasteiger partial charge in [0.1, 0.15) is 5.69 Å². The minimum absolute atomic E-state index is 0.00712. The van der Waals surface area contributed by atoms with Gasteiger partial charge in [-0.3, -0.25) is 13.9 Å². The normalized spacial score (nSPS) is 20.8. The van der Waals surface area contributed by atoms with Gasteiger partial charge >= 0.3 is 5.69 Å². The molecule has 4 rings (SSSR count). The van der Waals surface area contributed by atoms with Gasteiger partial charge < -0.3 is 5.32 Å². The number of nitrogens with one attached hydrogen (secondary N) is 1. The van der Waals surface area contributed by atoms with E-state index in [2.05, 4.69) is 51.0 Å². The molecule has 1 aliphatic carbocycles. The van der Waals surface area contributed by atoms with Gasteiger partial charge in [-0.25, -0.2) is 14.8 Å². The molecule has 0 radical (unpaired) electrons. The summed E-state index contributed by atoms with van der Waals surface area (Å²) in [6.45, 7) is 13.4. The Balaban J connectivity index is 1.61. The third-order valence-electron chi connectivity index (χ3n) is 6.92. The Morgan fingerprint density at radius 1 is 1.30 bits per heavy atom. The Hall–Kier alpha value is -2.48. The molecule has 0 aliphatic heterocycles. The van der Waals surface area contributed by atoms with Crippen LogP contribution in [0.2, 0.25) is 0 Å². The van der Waals surface area contributed by atoms with Crippen molar-refractivity contribution >= 4 is 28.4 Å². The van der Waals surface area contributed by atoms with Crippen molar-refractivity contribution in [3.8, 4) is 0 Å². The molecule has 1 amide bonds. The Bertz CT molecular complexity index is 1240. The molecule has 8 heteroatoms. The first-order chi connectivity index (χ1) is 15.4. The van der Waals surface area contributed by atoms with Crippen molar-refractivity contribution < 1.29 is 4.79 Å². The lowest BCUT2D eigenvalue weighted by atomic mass is 9.68. The summed E-state index contributed by atoms with van der Waals surface area (Å²) in [6, 6.07) is 4.13. The van der Waals surface area contributed by atoms with Crippen molar-refractivity contribution in [2.75, 3.05) is 0 Å². The summed E-state index contributed by atoms with van der Waals surface area (Å²) in [4.78, 5) is 35.9. The van der Waals surface area contributed by atoms with Crippen molar-refractivity contribution in [3.05, 3.63) is 44.4 Å². The lowest BCUT2D eigenvalue weighted by Gasteiger charge is -2.42. The molecular formula is C25H35N5O2S.